The van der Waals surface area contributed by atoms with Crippen molar-refractivity contribution < 1.29 is 4.92 Å². The predicted molar refractivity (Wildman–Crippen MR) is 98.9 cm³/mol. The van der Waals surface area contributed by atoms with Crippen LogP contribution in [-0.4, -0.2) is 4.92 Å². The van der Waals surface area contributed by atoms with Crippen molar-refractivity contribution in [2.45, 2.75) is 32.6 Å². The lowest BCUT2D eigenvalue weighted by Crippen LogP contribution is -2.01. The average molecular weight is 332 g/mol. The van der Waals surface area contributed by atoms with Gasteiger partial charge in [0.05, 0.1) is 16.6 Å². The number of nitriles is 1. The van der Waals surface area contributed by atoms with Crippen LogP contribution in [0.4, 0.5) is 5.69 Å². The second-order valence-electron chi connectivity index (χ2n) is 6.59. The lowest BCUT2D eigenvalue weighted by atomic mass is 9.92. The minimum atomic E-state index is -0.439. The Balaban J connectivity index is 1.93. The molecule has 1 aliphatic rings. The third kappa shape index (κ3) is 3.32. The summed E-state index contributed by atoms with van der Waals surface area (Å²) >= 11 is 0. The van der Waals surface area contributed by atoms with E-state index in [1.54, 1.807) is 12.1 Å². The molecule has 1 aliphatic carbocycles. The monoisotopic (exact) mass is 332 g/mol. The normalized spacial score (nSPS) is 19.3. The van der Waals surface area contributed by atoms with Gasteiger partial charge in [0.1, 0.15) is 0 Å². The number of nitrogens with zero attached hydrogens (tertiary/aromatic N) is 2. The standard InChI is InChI=1S/C21H20N2O2/c1-3-16-12-18-5-4-15(11-21(18)14(16)2)10-19(13-22)17-6-8-20(9-7-17)23(24)25/h4-11,14,16H,3,12H2,1-2H3/b19-10+/t14?,16-/m1/s1. The Morgan fingerprint density at radius 1 is 1.32 bits per heavy atom. The van der Waals surface area contributed by atoms with E-state index in [9.17, 15) is 15.4 Å². The summed E-state index contributed by atoms with van der Waals surface area (Å²) in [6, 6.07) is 14.7. The molecule has 126 valence electrons. The van der Waals surface area contributed by atoms with Crippen molar-refractivity contribution in [2.24, 2.45) is 5.92 Å². The van der Waals surface area contributed by atoms with Crippen LogP contribution in [0.1, 0.15) is 48.4 Å². The first-order valence-corrected chi connectivity index (χ1v) is 8.53. The Kier molecular flexibility index (Phi) is 4.67. The van der Waals surface area contributed by atoms with Gasteiger partial charge in [-0.05, 0) is 58.7 Å². The number of hydrogen-bond acceptors (Lipinski definition) is 3. The SMILES string of the molecule is CC[C@@H]1Cc2ccc(/C=C(\C#N)c3ccc([N+](=O)[O-])cc3)cc2C1C. The van der Waals surface area contributed by atoms with Gasteiger partial charge in [0.15, 0.2) is 0 Å². The molecule has 0 aromatic heterocycles. The molecule has 3 rings (SSSR count). The van der Waals surface area contributed by atoms with E-state index in [2.05, 4.69) is 32.0 Å². The number of non-ortho nitro benzene ring substituents is 1. The van der Waals surface area contributed by atoms with E-state index in [4.69, 9.17) is 0 Å². The molecule has 2 aromatic carbocycles. The van der Waals surface area contributed by atoms with Crippen molar-refractivity contribution in [3.8, 4) is 6.07 Å². The molecule has 2 aromatic rings. The third-order valence-electron chi connectivity index (χ3n) is 5.19. The van der Waals surface area contributed by atoms with Crippen molar-refractivity contribution >= 4 is 17.3 Å². The smallest absolute Gasteiger partial charge is 0.258 e. The summed E-state index contributed by atoms with van der Waals surface area (Å²) in [4.78, 5) is 10.3. The quantitative estimate of drug-likeness (QED) is 0.328. The van der Waals surface area contributed by atoms with Gasteiger partial charge in [-0.15, -0.1) is 0 Å². The summed E-state index contributed by atoms with van der Waals surface area (Å²) in [6.45, 7) is 4.51. The molecule has 2 atom stereocenters. The van der Waals surface area contributed by atoms with Gasteiger partial charge < -0.3 is 0 Å². The van der Waals surface area contributed by atoms with Crippen LogP contribution in [0.5, 0.6) is 0 Å². The van der Waals surface area contributed by atoms with Crippen LogP contribution in [0, 0.1) is 27.4 Å². The van der Waals surface area contributed by atoms with Gasteiger partial charge >= 0.3 is 0 Å². The van der Waals surface area contributed by atoms with E-state index in [0.717, 1.165) is 12.0 Å². The highest BCUT2D eigenvalue weighted by Crippen LogP contribution is 2.40. The first-order valence-electron chi connectivity index (χ1n) is 8.53. The van der Waals surface area contributed by atoms with Gasteiger partial charge in [-0.2, -0.15) is 5.26 Å². The predicted octanol–water partition coefficient (Wildman–Crippen LogP) is 5.34. The second kappa shape index (κ2) is 6.90. The first kappa shape index (κ1) is 16.9. The molecule has 0 bridgehead atoms. The molecule has 0 fully saturated rings. The van der Waals surface area contributed by atoms with Crippen LogP contribution in [0.3, 0.4) is 0 Å². The summed E-state index contributed by atoms with van der Waals surface area (Å²) in [6.07, 6.45) is 4.16. The number of nitro groups is 1. The van der Waals surface area contributed by atoms with Crippen LogP contribution in [0.15, 0.2) is 42.5 Å². The molecule has 0 spiro atoms. The fraction of sp³-hybridized carbons (Fsp3) is 0.286. The summed E-state index contributed by atoms with van der Waals surface area (Å²) < 4.78 is 0. The molecule has 4 nitrogen and oxygen atoms in total. The highest BCUT2D eigenvalue weighted by atomic mass is 16.6. The zero-order chi connectivity index (χ0) is 18.0. The van der Waals surface area contributed by atoms with Crippen LogP contribution >= 0.6 is 0 Å². The van der Waals surface area contributed by atoms with Gasteiger partial charge in [-0.25, -0.2) is 0 Å². The molecule has 0 saturated carbocycles. The molecule has 0 saturated heterocycles. The number of benzene rings is 2. The number of allylic oxidation sites excluding steroid dienone is 1. The molecule has 0 N–H and O–H groups in total. The van der Waals surface area contributed by atoms with E-state index in [1.165, 1.54) is 29.7 Å². The largest absolute Gasteiger partial charge is 0.269 e. The molecular formula is C21H20N2O2. The van der Waals surface area contributed by atoms with Crippen molar-refractivity contribution in [3.63, 3.8) is 0 Å². The Hall–Kier alpha value is -2.93. The number of nitro benzene ring substituents is 1. The number of fused-ring (bicyclic) bond motifs is 1. The maximum Gasteiger partial charge on any atom is 0.269 e. The average Bonchev–Trinajstić information content (AvgIpc) is 2.95. The molecule has 1 unspecified atom stereocenters. The Labute approximate surface area is 147 Å². The molecule has 0 aliphatic heterocycles. The van der Waals surface area contributed by atoms with Gasteiger partial charge in [0.2, 0.25) is 0 Å². The number of rotatable bonds is 4. The van der Waals surface area contributed by atoms with Gasteiger partial charge in [-0.1, -0.05) is 38.5 Å². The van der Waals surface area contributed by atoms with Crippen LogP contribution in [-0.2, 0) is 6.42 Å². The molecule has 0 amide bonds. The van der Waals surface area contributed by atoms with Crippen LogP contribution in [0.2, 0.25) is 0 Å². The fourth-order valence-corrected chi connectivity index (χ4v) is 3.63. The van der Waals surface area contributed by atoms with Crippen molar-refractivity contribution in [3.05, 3.63) is 74.8 Å². The summed E-state index contributed by atoms with van der Waals surface area (Å²) in [5, 5.41) is 20.3. The van der Waals surface area contributed by atoms with Crippen molar-refractivity contribution in [2.75, 3.05) is 0 Å². The fourth-order valence-electron chi connectivity index (χ4n) is 3.63. The topological polar surface area (TPSA) is 66.9 Å². The van der Waals surface area contributed by atoms with Crippen molar-refractivity contribution in [1.82, 2.24) is 0 Å². The Morgan fingerprint density at radius 2 is 2.04 bits per heavy atom. The Bertz CT molecular complexity index is 876. The van der Waals surface area contributed by atoms with Gasteiger partial charge in [0.25, 0.3) is 5.69 Å². The van der Waals surface area contributed by atoms with E-state index in [0.29, 0.717) is 23.0 Å². The zero-order valence-electron chi connectivity index (χ0n) is 14.4. The molecule has 0 radical (unpaired) electrons. The lowest BCUT2D eigenvalue weighted by Gasteiger charge is -2.13. The third-order valence-corrected chi connectivity index (χ3v) is 5.19. The highest BCUT2D eigenvalue weighted by molar-refractivity contribution is 5.89. The van der Waals surface area contributed by atoms with E-state index < -0.39 is 4.92 Å². The molecular weight excluding hydrogens is 312 g/mol. The van der Waals surface area contributed by atoms with Gasteiger partial charge in [-0.3, -0.25) is 10.1 Å². The van der Waals surface area contributed by atoms with E-state index in [1.807, 2.05) is 12.1 Å². The Morgan fingerprint density at radius 3 is 2.64 bits per heavy atom. The van der Waals surface area contributed by atoms with Crippen molar-refractivity contribution in [1.29, 1.82) is 5.26 Å². The summed E-state index contributed by atoms with van der Waals surface area (Å²) in [5.74, 6) is 1.23. The maximum atomic E-state index is 10.8. The maximum absolute atomic E-state index is 10.8. The summed E-state index contributed by atoms with van der Waals surface area (Å²) in [7, 11) is 0. The first-order chi connectivity index (χ1) is 12.0. The minimum Gasteiger partial charge on any atom is -0.258 e. The van der Waals surface area contributed by atoms with Crippen LogP contribution < -0.4 is 0 Å². The van der Waals surface area contributed by atoms with Gasteiger partial charge in [0, 0.05) is 12.1 Å². The molecule has 25 heavy (non-hydrogen) atoms. The molecule has 4 heteroatoms. The lowest BCUT2D eigenvalue weighted by molar-refractivity contribution is -0.384. The minimum absolute atomic E-state index is 0.0259. The second-order valence-corrected chi connectivity index (χ2v) is 6.59. The molecule has 0 heterocycles. The van der Waals surface area contributed by atoms with Crippen LogP contribution in [0.25, 0.3) is 11.6 Å². The van der Waals surface area contributed by atoms with E-state index >= 15 is 0 Å². The highest BCUT2D eigenvalue weighted by Gasteiger charge is 2.27. The zero-order valence-corrected chi connectivity index (χ0v) is 14.4. The summed E-state index contributed by atoms with van der Waals surface area (Å²) in [5.41, 5.74) is 5.00. The van der Waals surface area contributed by atoms with E-state index in [-0.39, 0.29) is 5.69 Å². The number of hydrogen-bond donors (Lipinski definition) is 0.